The topological polar surface area (TPSA) is 73.6 Å². The first kappa shape index (κ1) is 15.3. The van der Waals surface area contributed by atoms with Crippen molar-refractivity contribution in [1.29, 1.82) is 0 Å². The molecule has 0 aliphatic rings. The smallest absolute Gasteiger partial charge is 0.258 e. The van der Waals surface area contributed by atoms with Gasteiger partial charge in [0.05, 0.1) is 7.11 Å². The Labute approximate surface area is 114 Å². The van der Waals surface area contributed by atoms with Gasteiger partial charge in [0.15, 0.2) is 17.6 Å². The molecule has 5 heteroatoms. The first-order valence-corrected chi connectivity index (χ1v) is 6.42. The summed E-state index contributed by atoms with van der Waals surface area (Å²) in [6.07, 6.45) is 0.409. The SMILES string of the molecule is CCCNCc1ccc(OC(C)C(N)=O)c(OC)c1. The molecule has 0 heterocycles. The Balaban J connectivity index is 2.75. The molecule has 1 rings (SSSR count). The molecule has 1 aromatic rings. The second kappa shape index (κ2) is 7.63. The van der Waals surface area contributed by atoms with E-state index in [4.69, 9.17) is 15.2 Å². The van der Waals surface area contributed by atoms with Gasteiger partial charge in [-0.05, 0) is 37.6 Å². The Morgan fingerprint density at radius 1 is 1.42 bits per heavy atom. The fraction of sp³-hybridized carbons (Fsp3) is 0.500. The third-order valence-corrected chi connectivity index (χ3v) is 2.69. The predicted molar refractivity (Wildman–Crippen MR) is 74.3 cm³/mol. The van der Waals surface area contributed by atoms with E-state index in [1.54, 1.807) is 20.1 Å². The van der Waals surface area contributed by atoms with Crippen LogP contribution in [0.3, 0.4) is 0 Å². The highest BCUT2D eigenvalue weighted by atomic mass is 16.5. The van der Waals surface area contributed by atoms with E-state index in [1.165, 1.54) is 0 Å². The summed E-state index contributed by atoms with van der Waals surface area (Å²) in [5, 5.41) is 3.31. The van der Waals surface area contributed by atoms with Crippen molar-refractivity contribution in [2.75, 3.05) is 13.7 Å². The van der Waals surface area contributed by atoms with Gasteiger partial charge in [0.1, 0.15) is 0 Å². The number of nitrogens with one attached hydrogen (secondary N) is 1. The van der Waals surface area contributed by atoms with Gasteiger partial charge in [0.2, 0.25) is 0 Å². The quantitative estimate of drug-likeness (QED) is 0.698. The van der Waals surface area contributed by atoms with Gasteiger partial charge < -0.3 is 20.5 Å². The van der Waals surface area contributed by atoms with Crippen molar-refractivity contribution in [1.82, 2.24) is 5.32 Å². The molecule has 5 nitrogen and oxygen atoms in total. The molecule has 1 unspecified atom stereocenters. The van der Waals surface area contributed by atoms with Crippen LogP contribution in [0.4, 0.5) is 0 Å². The van der Waals surface area contributed by atoms with E-state index >= 15 is 0 Å². The van der Waals surface area contributed by atoms with Crippen molar-refractivity contribution in [3.8, 4) is 11.5 Å². The lowest BCUT2D eigenvalue weighted by Gasteiger charge is -2.15. The third kappa shape index (κ3) is 4.79. The first-order chi connectivity index (χ1) is 9.08. The minimum absolute atomic E-state index is 0.504. The van der Waals surface area contributed by atoms with Gasteiger partial charge in [0, 0.05) is 6.54 Å². The van der Waals surface area contributed by atoms with E-state index in [0.717, 1.165) is 25.1 Å². The third-order valence-electron chi connectivity index (χ3n) is 2.69. The lowest BCUT2D eigenvalue weighted by molar-refractivity contribution is -0.124. The zero-order valence-electron chi connectivity index (χ0n) is 11.7. The molecule has 106 valence electrons. The summed E-state index contributed by atoms with van der Waals surface area (Å²) in [5.41, 5.74) is 6.27. The Morgan fingerprint density at radius 2 is 2.16 bits per heavy atom. The Hall–Kier alpha value is -1.75. The van der Waals surface area contributed by atoms with Crippen molar-refractivity contribution in [2.45, 2.75) is 32.9 Å². The first-order valence-electron chi connectivity index (χ1n) is 6.42. The molecule has 0 saturated carbocycles. The van der Waals surface area contributed by atoms with E-state index in [2.05, 4.69) is 12.2 Å². The fourth-order valence-electron chi connectivity index (χ4n) is 1.58. The van der Waals surface area contributed by atoms with Gasteiger partial charge >= 0.3 is 0 Å². The summed E-state index contributed by atoms with van der Waals surface area (Å²) in [7, 11) is 1.57. The van der Waals surface area contributed by atoms with Crippen molar-refractivity contribution < 1.29 is 14.3 Å². The standard InChI is InChI=1S/C14H22N2O3/c1-4-7-16-9-11-5-6-12(13(8-11)18-3)19-10(2)14(15)17/h5-6,8,10,16H,4,7,9H2,1-3H3,(H2,15,17). The number of hydrogen-bond acceptors (Lipinski definition) is 4. The highest BCUT2D eigenvalue weighted by Gasteiger charge is 2.13. The lowest BCUT2D eigenvalue weighted by Crippen LogP contribution is -2.30. The van der Waals surface area contributed by atoms with E-state index in [-0.39, 0.29) is 0 Å². The average Bonchev–Trinajstić information content (AvgIpc) is 2.40. The number of methoxy groups -OCH3 is 1. The molecule has 0 saturated heterocycles. The predicted octanol–water partition coefficient (Wildman–Crippen LogP) is 1.45. The zero-order chi connectivity index (χ0) is 14.3. The van der Waals surface area contributed by atoms with Crippen LogP contribution in [0.5, 0.6) is 11.5 Å². The summed E-state index contributed by atoms with van der Waals surface area (Å²) in [5.74, 6) is 0.618. The van der Waals surface area contributed by atoms with Crippen molar-refractivity contribution in [2.24, 2.45) is 5.73 Å². The lowest BCUT2D eigenvalue weighted by atomic mass is 10.2. The number of hydrogen-bond donors (Lipinski definition) is 2. The molecule has 19 heavy (non-hydrogen) atoms. The Bertz CT molecular complexity index is 421. The minimum Gasteiger partial charge on any atom is -0.493 e. The molecule has 0 aromatic heterocycles. The monoisotopic (exact) mass is 266 g/mol. The molecule has 0 aliphatic heterocycles. The molecule has 0 fully saturated rings. The highest BCUT2D eigenvalue weighted by molar-refractivity contribution is 5.78. The Morgan fingerprint density at radius 3 is 2.74 bits per heavy atom. The number of ether oxygens (including phenoxy) is 2. The number of nitrogens with two attached hydrogens (primary N) is 1. The number of rotatable bonds is 8. The summed E-state index contributed by atoms with van der Waals surface area (Å²) < 4.78 is 10.7. The molecule has 0 spiro atoms. The van der Waals surface area contributed by atoms with Crippen molar-refractivity contribution >= 4 is 5.91 Å². The number of primary amides is 1. The van der Waals surface area contributed by atoms with E-state index in [1.807, 2.05) is 12.1 Å². The summed E-state index contributed by atoms with van der Waals surface area (Å²) >= 11 is 0. The molecule has 1 amide bonds. The molecule has 1 aromatic carbocycles. The molecule has 0 bridgehead atoms. The van der Waals surface area contributed by atoms with Crippen LogP contribution in [0.15, 0.2) is 18.2 Å². The maximum absolute atomic E-state index is 11.0. The molecule has 0 aliphatic carbocycles. The number of benzene rings is 1. The van der Waals surface area contributed by atoms with Crippen LogP contribution >= 0.6 is 0 Å². The van der Waals surface area contributed by atoms with Crippen LogP contribution in [0.2, 0.25) is 0 Å². The second-order valence-electron chi connectivity index (χ2n) is 4.32. The Kier molecular flexibility index (Phi) is 6.15. The van der Waals surface area contributed by atoms with Crippen molar-refractivity contribution in [3.63, 3.8) is 0 Å². The summed E-state index contributed by atoms with van der Waals surface area (Å²) in [4.78, 5) is 11.0. The summed E-state index contributed by atoms with van der Waals surface area (Å²) in [6, 6.07) is 5.63. The fourth-order valence-corrected chi connectivity index (χ4v) is 1.58. The molecule has 3 N–H and O–H groups in total. The molecule has 1 atom stereocenters. The van der Waals surface area contributed by atoms with Gasteiger partial charge in [0.25, 0.3) is 5.91 Å². The zero-order valence-corrected chi connectivity index (χ0v) is 11.7. The van der Waals surface area contributed by atoms with Crippen LogP contribution in [-0.4, -0.2) is 25.7 Å². The highest BCUT2D eigenvalue weighted by Crippen LogP contribution is 2.28. The van der Waals surface area contributed by atoms with Gasteiger partial charge in [-0.3, -0.25) is 4.79 Å². The van der Waals surface area contributed by atoms with Gasteiger partial charge in [-0.1, -0.05) is 13.0 Å². The minimum atomic E-state index is -0.682. The van der Waals surface area contributed by atoms with Gasteiger partial charge in [-0.15, -0.1) is 0 Å². The van der Waals surface area contributed by atoms with Crippen molar-refractivity contribution in [3.05, 3.63) is 23.8 Å². The van der Waals surface area contributed by atoms with Crippen LogP contribution in [-0.2, 0) is 11.3 Å². The van der Waals surface area contributed by atoms with Gasteiger partial charge in [-0.2, -0.15) is 0 Å². The molecular weight excluding hydrogens is 244 g/mol. The maximum Gasteiger partial charge on any atom is 0.258 e. The number of carbonyl (C=O) groups is 1. The molecular formula is C14H22N2O3. The molecule has 0 radical (unpaired) electrons. The number of amides is 1. The second-order valence-corrected chi connectivity index (χ2v) is 4.32. The van der Waals surface area contributed by atoms with E-state index < -0.39 is 12.0 Å². The van der Waals surface area contributed by atoms with Crippen LogP contribution < -0.4 is 20.5 Å². The van der Waals surface area contributed by atoms with E-state index in [9.17, 15) is 4.79 Å². The van der Waals surface area contributed by atoms with Gasteiger partial charge in [-0.25, -0.2) is 0 Å². The van der Waals surface area contributed by atoms with Crippen LogP contribution in [0, 0.1) is 0 Å². The maximum atomic E-state index is 11.0. The van der Waals surface area contributed by atoms with Crippen LogP contribution in [0.1, 0.15) is 25.8 Å². The largest absolute Gasteiger partial charge is 0.493 e. The summed E-state index contributed by atoms with van der Waals surface area (Å²) in [6.45, 7) is 5.48. The normalized spacial score (nSPS) is 11.9. The number of carbonyl (C=O) groups excluding carboxylic acids is 1. The van der Waals surface area contributed by atoms with E-state index in [0.29, 0.717) is 11.5 Å². The average molecular weight is 266 g/mol. The van der Waals surface area contributed by atoms with Crippen LogP contribution in [0.25, 0.3) is 0 Å².